The van der Waals surface area contributed by atoms with E-state index in [4.69, 9.17) is 9.62 Å². The maximum absolute atomic E-state index is 12.1. The lowest BCUT2D eigenvalue weighted by Crippen LogP contribution is -2.26. The molecular formula is C12H14O4. The van der Waals surface area contributed by atoms with Crippen LogP contribution in [0.2, 0.25) is 0 Å². The van der Waals surface area contributed by atoms with Gasteiger partial charge in [0.1, 0.15) is 0 Å². The molecular weight excluding hydrogens is 208 g/mol. The van der Waals surface area contributed by atoms with Gasteiger partial charge in [-0.25, -0.2) is 9.78 Å². The van der Waals surface area contributed by atoms with Crippen LogP contribution < -0.4 is 0 Å². The second-order valence-electron chi connectivity index (χ2n) is 3.63. The van der Waals surface area contributed by atoms with Crippen molar-refractivity contribution in [1.29, 1.82) is 0 Å². The highest BCUT2D eigenvalue weighted by Gasteiger charge is 2.36. The number of ketones is 1. The number of carbonyl (C=O) groups is 1. The molecule has 1 saturated heterocycles. The molecule has 1 heterocycles. The van der Waals surface area contributed by atoms with Crippen molar-refractivity contribution in [2.24, 2.45) is 5.92 Å². The first-order valence-corrected chi connectivity index (χ1v) is 5.23. The van der Waals surface area contributed by atoms with Gasteiger partial charge in [-0.1, -0.05) is 30.3 Å². The van der Waals surface area contributed by atoms with Gasteiger partial charge in [0.15, 0.2) is 5.78 Å². The Labute approximate surface area is 94.0 Å². The molecule has 16 heavy (non-hydrogen) atoms. The quantitative estimate of drug-likeness (QED) is 0.443. The Balaban J connectivity index is 2.09. The van der Waals surface area contributed by atoms with Gasteiger partial charge in [-0.2, -0.15) is 0 Å². The molecule has 86 valence electrons. The Hall–Kier alpha value is -1.23. The summed E-state index contributed by atoms with van der Waals surface area (Å²) in [6, 6.07) is 9.16. The van der Waals surface area contributed by atoms with Crippen molar-refractivity contribution in [3.8, 4) is 0 Å². The maximum atomic E-state index is 12.1. The summed E-state index contributed by atoms with van der Waals surface area (Å²) >= 11 is 0. The zero-order valence-corrected chi connectivity index (χ0v) is 9.09. The number of hydrogen-bond donors (Lipinski definition) is 0. The topological polar surface area (TPSA) is 44.8 Å². The van der Waals surface area contributed by atoms with Crippen LogP contribution in [0, 0.1) is 5.92 Å². The lowest BCUT2D eigenvalue weighted by molar-refractivity contribution is -0.359. The highest BCUT2D eigenvalue weighted by Crippen LogP contribution is 2.25. The summed E-state index contributed by atoms with van der Waals surface area (Å²) in [6.45, 7) is 0.525. The number of benzene rings is 1. The molecule has 2 atom stereocenters. The van der Waals surface area contributed by atoms with Gasteiger partial charge < -0.3 is 4.74 Å². The fourth-order valence-corrected chi connectivity index (χ4v) is 1.82. The summed E-state index contributed by atoms with van der Waals surface area (Å²) in [4.78, 5) is 21.6. The molecule has 0 radical (unpaired) electrons. The zero-order chi connectivity index (χ0) is 11.4. The summed E-state index contributed by atoms with van der Waals surface area (Å²) in [7, 11) is 1.41. The first-order valence-electron chi connectivity index (χ1n) is 5.23. The summed E-state index contributed by atoms with van der Waals surface area (Å²) < 4.78 is 5.28. The minimum atomic E-state index is -0.585. The minimum Gasteiger partial charge on any atom is -0.349 e. The van der Waals surface area contributed by atoms with E-state index in [9.17, 15) is 4.79 Å². The van der Waals surface area contributed by atoms with Gasteiger partial charge >= 0.3 is 0 Å². The maximum Gasteiger partial charge on any atom is 0.201 e. The third kappa shape index (κ3) is 2.29. The van der Waals surface area contributed by atoms with Crippen molar-refractivity contribution in [2.45, 2.75) is 12.7 Å². The Bertz CT molecular complexity index is 349. The molecule has 1 aliphatic heterocycles. The molecule has 0 aliphatic carbocycles. The van der Waals surface area contributed by atoms with E-state index in [1.54, 1.807) is 12.1 Å². The van der Waals surface area contributed by atoms with Crippen molar-refractivity contribution in [2.75, 3.05) is 13.7 Å². The molecule has 0 amide bonds. The fourth-order valence-electron chi connectivity index (χ4n) is 1.82. The molecule has 2 unspecified atom stereocenters. The third-order valence-electron chi connectivity index (χ3n) is 2.63. The first kappa shape index (κ1) is 11.3. The van der Waals surface area contributed by atoms with Crippen LogP contribution in [0.5, 0.6) is 0 Å². The number of carbonyl (C=O) groups excluding carboxylic acids is 1. The molecule has 0 N–H and O–H groups in total. The van der Waals surface area contributed by atoms with Gasteiger partial charge in [-0.05, 0) is 6.42 Å². The highest BCUT2D eigenvalue weighted by atomic mass is 17.2. The van der Waals surface area contributed by atoms with Crippen molar-refractivity contribution in [3.05, 3.63) is 35.9 Å². The first-order chi connectivity index (χ1) is 7.83. The number of Topliss-reactive ketones (excluding diaryl/α,β-unsaturated/α-hetero) is 1. The van der Waals surface area contributed by atoms with Crippen LogP contribution >= 0.6 is 0 Å². The Morgan fingerprint density at radius 2 is 2.12 bits per heavy atom. The average Bonchev–Trinajstić information content (AvgIpc) is 2.78. The van der Waals surface area contributed by atoms with Gasteiger partial charge in [0, 0.05) is 5.56 Å². The Kier molecular flexibility index (Phi) is 3.66. The molecule has 1 aliphatic rings. The van der Waals surface area contributed by atoms with Crippen LogP contribution in [0.25, 0.3) is 0 Å². The lowest BCUT2D eigenvalue weighted by atomic mass is 9.96. The molecule has 4 nitrogen and oxygen atoms in total. The fraction of sp³-hybridized carbons (Fsp3) is 0.417. The standard InChI is InChI=1S/C12H14O4/c1-14-16-12-10(7-8-15-12)11(13)9-5-3-2-4-6-9/h2-6,10,12H,7-8H2,1H3. The lowest BCUT2D eigenvalue weighted by Gasteiger charge is -2.15. The third-order valence-corrected chi connectivity index (χ3v) is 2.63. The minimum absolute atomic E-state index is 0.0418. The monoisotopic (exact) mass is 222 g/mol. The molecule has 1 aromatic rings. The Morgan fingerprint density at radius 1 is 1.38 bits per heavy atom. The van der Waals surface area contributed by atoms with E-state index in [-0.39, 0.29) is 11.7 Å². The van der Waals surface area contributed by atoms with Gasteiger partial charge in [0.2, 0.25) is 6.29 Å². The predicted molar refractivity (Wildman–Crippen MR) is 56.7 cm³/mol. The molecule has 1 aromatic carbocycles. The normalized spacial score (nSPS) is 24.6. The predicted octanol–water partition coefficient (Wildman–Crippen LogP) is 1.81. The van der Waals surface area contributed by atoms with E-state index in [0.29, 0.717) is 18.6 Å². The van der Waals surface area contributed by atoms with Crippen molar-refractivity contribution in [3.63, 3.8) is 0 Å². The van der Waals surface area contributed by atoms with Crippen molar-refractivity contribution >= 4 is 5.78 Å². The summed E-state index contributed by atoms with van der Waals surface area (Å²) in [5, 5.41) is 0. The summed E-state index contributed by atoms with van der Waals surface area (Å²) in [6.07, 6.45) is 0.0829. The van der Waals surface area contributed by atoms with Crippen molar-refractivity contribution in [1.82, 2.24) is 0 Å². The summed E-state index contributed by atoms with van der Waals surface area (Å²) in [5.41, 5.74) is 0.683. The molecule has 4 heteroatoms. The average molecular weight is 222 g/mol. The van der Waals surface area contributed by atoms with Crippen LogP contribution in [0.15, 0.2) is 30.3 Å². The number of rotatable bonds is 4. The van der Waals surface area contributed by atoms with Crippen LogP contribution in [0.3, 0.4) is 0 Å². The van der Waals surface area contributed by atoms with E-state index < -0.39 is 6.29 Å². The van der Waals surface area contributed by atoms with Crippen LogP contribution in [0.1, 0.15) is 16.8 Å². The van der Waals surface area contributed by atoms with E-state index in [0.717, 1.165) is 0 Å². The Morgan fingerprint density at radius 3 is 2.81 bits per heavy atom. The molecule has 0 saturated carbocycles. The van der Waals surface area contributed by atoms with Crippen molar-refractivity contribution < 1.29 is 19.3 Å². The van der Waals surface area contributed by atoms with Gasteiger partial charge in [-0.3, -0.25) is 4.79 Å². The number of hydrogen-bond acceptors (Lipinski definition) is 4. The molecule has 0 aromatic heterocycles. The van der Waals surface area contributed by atoms with E-state index in [1.165, 1.54) is 7.11 Å². The van der Waals surface area contributed by atoms with Crippen LogP contribution in [-0.4, -0.2) is 25.8 Å². The highest BCUT2D eigenvalue weighted by molar-refractivity contribution is 5.98. The van der Waals surface area contributed by atoms with E-state index in [2.05, 4.69) is 4.89 Å². The van der Waals surface area contributed by atoms with Gasteiger partial charge in [0.05, 0.1) is 19.6 Å². The molecule has 1 fully saturated rings. The van der Waals surface area contributed by atoms with Crippen LogP contribution in [-0.2, 0) is 14.5 Å². The van der Waals surface area contributed by atoms with Crippen LogP contribution in [0.4, 0.5) is 0 Å². The second kappa shape index (κ2) is 5.21. The number of ether oxygens (including phenoxy) is 1. The zero-order valence-electron chi connectivity index (χ0n) is 9.09. The van der Waals surface area contributed by atoms with E-state index >= 15 is 0 Å². The second-order valence-corrected chi connectivity index (χ2v) is 3.63. The largest absolute Gasteiger partial charge is 0.349 e. The molecule has 0 spiro atoms. The van der Waals surface area contributed by atoms with Gasteiger partial charge in [-0.15, -0.1) is 0 Å². The smallest absolute Gasteiger partial charge is 0.201 e. The SMILES string of the molecule is COOC1OCCC1C(=O)c1ccccc1. The van der Waals surface area contributed by atoms with Gasteiger partial charge in [0.25, 0.3) is 0 Å². The van der Waals surface area contributed by atoms with E-state index in [1.807, 2.05) is 18.2 Å². The molecule has 2 rings (SSSR count). The summed E-state index contributed by atoms with van der Waals surface area (Å²) in [5.74, 6) is -0.234. The molecule has 0 bridgehead atoms.